The van der Waals surface area contributed by atoms with E-state index in [2.05, 4.69) is 5.32 Å². The van der Waals surface area contributed by atoms with E-state index in [-0.39, 0.29) is 24.6 Å². The molecule has 1 aromatic rings. The maximum absolute atomic E-state index is 11.7. The summed E-state index contributed by atoms with van der Waals surface area (Å²) in [4.78, 5) is 21.8. The van der Waals surface area contributed by atoms with Gasteiger partial charge in [0.25, 0.3) is 5.69 Å². The third-order valence-electron chi connectivity index (χ3n) is 2.76. The highest BCUT2D eigenvalue weighted by molar-refractivity contribution is 5.78. The van der Waals surface area contributed by atoms with Crippen LogP contribution in [0.1, 0.15) is 25.8 Å². The van der Waals surface area contributed by atoms with E-state index in [4.69, 9.17) is 0 Å². The topological polar surface area (TPSA) is 92.5 Å². The Bertz CT molecular complexity index is 474. The average Bonchev–Trinajstić information content (AvgIpc) is 2.36. The molecule has 0 saturated heterocycles. The molecule has 0 aliphatic rings. The number of hydrogen-bond acceptors (Lipinski definition) is 4. The lowest BCUT2D eigenvalue weighted by Crippen LogP contribution is -2.33. The minimum atomic E-state index is -0.566. The van der Waals surface area contributed by atoms with Crippen LogP contribution in [0.25, 0.3) is 0 Å². The Morgan fingerprint density at radius 1 is 1.45 bits per heavy atom. The predicted molar refractivity (Wildman–Crippen MR) is 75.3 cm³/mol. The molecule has 0 aromatic heterocycles. The maximum Gasteiger partial charge on any atom is 0.269 e. The van der Waals surface area contributed by atoms with Gasteiger partial charge in [0, 0.05) is 18.7 Å². The second kappa shape index (κ2) is 7.59. The normalized spacial score (nSPS) is 12.2. The van der Waals surface area contributed by atoms with Gasteiger partial charge in [-0.25, -0.2) is 0 Å². The molecule has 2 N–H and O–H groups in total. The van der Waals surface area contributed by atoms with Gasteiger partial charge in [0.2, 0.25) is 5.91 Å². The van der Waals surface area contributed by atoms with Gasteiger partial charge in [0.15, 0.2) is 0 Å². The highest BCUT2D eigenvalue weighted by atomic mass is 16.6. The van der Waals surface area contributed by atoms with Crippen LogP contribution in [0.5, 0.6) is 0 Å². The molecule has 1 aromatic carbocycles. The highest BCUT2D eigenvalue weighted by Gasteiger charge is 2.11. The van der Waals surface area contributed by atoms with Crippen molar-refractivity contribution in [3.8, 4) is 0 Å². The van der Waals surface area contributed by atoms with Crippen molar-refractivity contribution in [1.29, 1.82) is 0 Å². The van der Waals surface area contributed by atoms with Crippen molar-refractivity contribution in [1.82, 2.24) is 5.32 Å². The van der Waals surface area contributed by atoms with Crippen molar-refractivity contribution in [2.24, 2.45) is 5.92 Å². The van der Waals surface area contributed by atoms with E-state index in [9.17, 15) is 20.0 Å². The number of nitro benzene ring substituents is 1. The van der Waals surface area contributed by atoms with E-state index in [0.29, 0.717) is 17.9 Å². The van der Waals surface area contributed by atoms with Crippen LogP contribution in [0.4, 0.5) is 5.69 Å². The zero-order chi connectivity index (χ0) is 15.1. The molecule has 6 nitrogen and oxygen atoms in total. The van der Waals surface area contributed by atoms with Crippen LogP contribution in [-0.2, 0) is 11.2 Å². The van der Waals surface area contributed by atoms with Crippen molar-refractivity contribution >= 4 is 11.6 Å². The Morgan fingerprint density at radius 3 is 2.75 bits per heavy atom. The highest BCUT2D eigenvalue weighted by Crippen LogP contribution is 2.13. The Kier molecular flexibility index (Phi) is 6.11. The number of hydrogen-bond donors (Lipinski definition) is 2. The first-order chi connectivity index (χ1) is 9.38. The number of benzene rings is 1. The van der Waals surface area contributed by atoms with Gasteiger partial charge in [-0.2, -0.15) is 0 Å². The number of nitrogens with zero attached hydrogens (tertiary/aromatic N) is 1. The molecule has 6 heteroatoms. The Morgan fingerprint density at radius 2 is 2.15 bits per heavy atom. The summed E-state index contributed by atoms with van der Waals surface area (Å²) in [6.07, 6.45) is 0.122. The molecule has 0 saturated carbocycles. The van der Waals surface area contributed by atoms with E-state index >= 15 is 0 Å². The zero-order valence-corrected chi connectivity index (χ0v) is 11.7. The summed E-state index contributed by atoms with van der Waals surface area (Å²) < 4.78 is 0. The van der Waals surface area contributed by atoms with Gasteiger partial charge in [-0.15, -0.1) is 0 Å². The van der Waals surface area contributed by atoms with Gasteiger partial charge >= 0.3 is 0 Å². The number of rotatable bonds is 7. The van der Waals surface area contributed by atoms with Crippen LogP contribution in [0, 0.1) is 16.0 Å². The minimum absolute atomic E-state index is 0.0323. The smallest absolute Gasteiger partial charge is 0.269 e. The van der Waals surface area contributed by atoms with Gasteiger partial charge < -0.3 is 10.4 Å². The molecule has 1 atom stereocenters. The number of carbonyl (C=O) groups is 1. The first-order valence-electron chi connectivity index (χ1n) is 6.56. The Labute approximate surface area is 118 Å². The molecule has 1 rings (SSSR count). The first-order valence-corrected chi connectivity index (χ1v) is 6.56. The summed E-state index contributed by atoms with van der Waals surface area (Å²) in [6, 6.07) is 5.98. The number of nitro groups is 1. The van der Waals surface area contributed by atoms with E-state index in [1.807, 2.05) is 13.8 Å². The molecule has 110 valence electrons. The van der Waals surface area contributed by atoms with E-state index in [1.54, 1.807) is 12.1 Å². The fraction of sp³-hybridized carbons (Fsp3) is 0.500. The van der Waals surface area contributed by atoms with Crippen molar-refractivity contribution in [2.45, 2.75) is 32.8 Å². The molecular formula is C14H20N2O4. The summed E-state index contributed by atoms with van der Waals surface area (Å²) in [6.45, 7) is 4.19. The van der Waals surface area contributed by atoms with Gasteiger partial charge in [0.1, 0.15) is 0 Å². The fourth-order valence-corrected chi connectivity index (χ4v) is 1.89. The van der Waals surface area contributed by atoms with Crippen molar-refractivity contribution < 1.29 is 14.8 Å². The number of aliphatic hydroxyl groups is 1. The summed E-state index contributed by atoms with van der Waals surface area (Å²) in [5, 5.41) is 22.9. The average molecular weight is 280 g/mol. The molecule has 1 unspecified atom stereocenters. The molecule has 0 spiro atoms. The van der Waals surface area contributed by atoms with Gasteiger partial charge in [-0.3, -0.25) is 14.9 Å². The third kappa shape index (κ3) is 5.79. The Hall–Kier alpha value is -1.95. The van der Waals surface area contributed by atoms with Gasteiger partial charge in [0.05, 0.1) is 17.4 Å². The lowest BCUT2D eigenvalue weighted by Gasteiger charge is -2.13. The maximum atomic E-state index is 11.7. The molecule has 0 bridgehead atoms. The standard InChI is InChI=1S/C14H20N2O4/c1-10(2)6-13(17)9-15-14(18)8-11-4-3-5-12(7-11)16(19)20/h3-5,7,10,13,17H,6,8-9H2,1-2H3,(H,15,18). The third-order valence-corrected chi connectivity index (χ3v) is 2.76. The number of carbonyl (C=O) groups excluding carboxylic acids is 1. The van der Waals surface area contributed by atoms with Crippen LogP contribution >= 0.6 is 0 Å². The number of nitrogens with one attached hydrogen (secondary N) is 1. The lowest BCUT2D eigenvalue weighted by molar-refractivity contribution is -0.384. The molecular weight excluding hydrogens is 260 g/mol. The minimum Gasteiger partial charge on any atom is -0.391 e. The molecule has 20 heavy (non-hydrogen) atoms. The van der Waals surface area contributed by atoms with E-state index in [0.717, 1.165) is 0 Å². The molecule has 0 aliphatic carbocycles. The van der Waals surface area contributed by atoms with Gasteiger partial charge in [-0.1, -0.05) is 26.0 Å². The summed E-state index contributed by atoms with van der Waals surface area (Å²) in [7, 11) is 0. The quantitative estimate of drug-likeness (QED) is 0.587. The van der Waals surface area contributed by atoms with Crippen LogP contribution in [0.2, 0.25) is 0 Å². The number of non-ortho nitro benzene ring substituents is 1. The largest absolute Gasteiger partial charge is 0.391 e. The van der Waals surface area contributed by atoms with Crippen LogP contribution in [0.3, 0.4) is 0 Å². The second-order valence-corrected chi connectivity index (χ2v) is 5.19. The zero-order valence-electron chi connectivity index (χ0n) is 11.7. The van der Waals surface area contributed by atoms with E-state index < -0.39 is 11.0 Å². The number of aliphatic hydroxyl groups excluding tert-OH is 1. The van der Waals surface area contributed by atoms with Crippen molar-refractivity contribution in [3.63, 3.8) is 0 Å². The Balaban J connectivity index is 2.46. The first kappa shape index (κ1) is 16.1. The van der Waals surface area contributed by atoms with E-state index in [1.165, 1.54) is 12.1 Å². The van der Waals surface area contributed by atoms with Crippen LogP contribution < -0.4 is 5.32 Å². The monoisotopic (exact) mass is 280 g/mol. The fourth-order valence-electron chi connectivity index (χ4n) is 1.89. The lowest BCUT2D eigenvalue weighted by atomic mass is 10.1. The molecule has 1 amide bonds. The van der Waals surface area contributed by atoms with Crippen molar-refractivity contribution in [3.05, 3.63) is 39.9 Å². The van der Waals surface area contributed by atoms with Crippen LogP contribution in [0.15, 0.2) is 24.3 Å². The predicted octanol–water partition coefficient (Wildman–Crippen LogP) is 1.66. The molecule has 0 fully saturated rings. The van der Waals surface area contributed by atoms with Crippen molar-refractivity contribution in [2.75, 3.05) is 6.54 Å². The number of amides is 1. The van der Waals surface area contributed by atoms with Gasteiger partial charge in [-0.05, 0) is 17.9 Å². The SMILES string of the molecule is CC(C)CC(O)CNC(=O)Cc1cccc([N+](=O)[O-])c1. The van der Waals surface area contributed by atoms with Crippen LogP contribution in [-0.4, -0.2) is 28.6 Å². The second-order valence-electron chi connectivity index (χ2n) is 5.19. The summed E-state index contributed by atoms with van der Waals surface area (Å²) >= 11 is 0. The summed E-state index contributed by atoms with van der Waals surface area (Å²) in [5.74, 6) is 0.104. The summed E-state index contributed by atoms with van der Waals surface area (Å²) in [5.41, 5.74) is 0.546. The molecule has 0 heterocycles. The molecule has 0 radical (unpaired) electrons. The molecule has 0 aliphatic heterocycles.